The molecule has 2 unspecified atom stereocenters. The monoisotopic (exact) mass is 604 g/mol. The number of piperidine rings is 1. The normalized spacial score (nSPS) is 19.4. The Hall–Kier alpha value is -4.31. The molecule has 0 spiro atoms. The van der Waals surface area contributed by atoms with Gasteiger partial charge in [0, 0.05) is 41.6 Å². The summed E-state index contributed by atoms with van der Waals surface area (Å²) in [5.74, 6) is 0.649. The number of nitrogens with zero attached hydrogens (tertiary/aromatic N) is 1. The lowest BCUT2D eigenvalue weighted by Gasteiger charge is -2.36. The van der Waals surface area contributed by atoms with Crippen LogP contribution < -0.4 is 30.2 Å². The SMILES string of the molecule is CCC(CC)NC(=O)Nc1ccc(Oc2ccc(NC(=O)c3ccc(OC4CC5CCC(C4)N5C)cc3F)cc2)c(OC)c1. The lowest BCUT2D eigenvalue weighted by atomic mass is 10.0. The number of ether oxygens (including phenoxy) is 3. The first-order valence-corrected chi connectivity index (χ1v) is 15.3. The van der Waals surface area contributed by atoms with Gasteiger partial charge < -0.3 is 35.1 Å². The molecule has 234 valence electrons. The van der Waals surface area contributed by atoms with Gasteiger partial charge in [0.05, 0.1) is 12.7 Å². The Kier molecular flexibility index (Phi) is 9.89. The molecule has 2 atom stereocenters. The van der Waals surface area contributed by atoms with E-state index < -0.39 is 11.7 Å². The van der Waals surface area contributed by atoms with Crippen LogP contribution in [0.4, 0.5) is 20.6 Å². The van der Waals surface area contributed by atoms with E-state index in [1.807, 2.05) is 13.8 Å². The molecule has 2 heterocycles. The maximum absolute atomic E-state index is 14.9. The number of benzene rings is 3. The molecule has 2 aliphatic rings. The number of nitrogens with one attached hydrogen (secondary N) is 3. The third-order valence-electron chi connectivity index (χ3n) is 8.63. The van der Waals surface area contributed by atoms with E-state index in [1.165, 1.54) is 32.1 Å². The molecule has 3 aromatic carbocycles. The summed E-state index contributed by atoms with van der Waals surface area (Å²) < 4.78 is 32.5. The Balaban J connectivity index is 1.16. The van der Waals surface area contributed by atoms with Gasteiger partial charge in [0.1, 0.15) is 23.4 Å². The number of carbonyl (C=O) groups is 2. The number of halogens is 1. The van der Waals surface area contributed by atoms with Crippen LogP contribution in [0.25, 0.3) is 0 Å². The summed E-state index contributed by atoms with van der Waals surface area (Å²) in [6.07, 6.45) is 5.99. The molecule has 2 fully saturated rings. The van der Waals surface area contributed by atoms with Crippen LogP contribution >= 0.6 is 0 Å². The number of urea groups is 1. The van der Waals surface area contributed by atoms with Crippen molar-refractivity contribution < 1.29 is 28.2 Å². The first-order valence-electron chi connectivity index (χ1n) is 15.3. The smallest absolute Gasteiger partial charge is 0.319 e. The highest BCUT2D eigenvalue weighted by atomic mass is 19.1. The van der Waals surface area contributed by atoms with E-state index in [0.717, 1.165) is 25.7 Å². The second-order valence-electron chi connectivity index (χ2n) is 11.5. The van der Waals surface area contributed by atoms with Gasteiger partial charge in [-0.3, -0.25) is 4.79 Å². The lowest BCUT2D eigenvalue weighted by molar-refractivity contribution is 0.0659. The maximum atomic E-state index is 14.9. The highest BCUT2D eigenvalue weighted by Crippen LogP contribution is 2.37. The molecule has 0 radical (unpaired) electrons. The van der Waals surface area contributed by atoms with E-state index in [4.69, 9.17) is 14.2 Å². The summed E-state index contributed by atoms with van der Waals surface area (Å²) in [4.78, 5) is 27.6. The number of carbonyl (C=O) groups excluding carboxylic acids is 2. The quantitative estimate of drug-likeness (QED) is 0.214. The van der Waals surface area contributed by atoms with Crippen LogP contribution in [0.1, 0.15) is 62.7 Å². The van der Waals surface area contributed by atoms with Crippen molar-refractivity contribution >= 4 is 23.3 Å². The lowest BCUT2D eigenvalue weighted by Crippen LogP contribution is -2.43. The van der Waals surface area contributed by atoms with Gasteiger partial charge in [0.25, 0.3) is 5.91 Å². The summed E-state index contributed by atoms with van der Waals surface area (Å²) in [6.45, 7) is 4.05. The number of hydrogen-bond acceptors (Lipinski definition) is 6. The average Bonchev–Trinajstić information content (AvgIpc) is 3.20. The molecule has 44 heavy (non-hydrogen) atoms. The first kappa shape index (κ1) is 31.1. The van der Waals surface area contributed by atoms with Crippen LogP contribution in [0.15, 0.2) is 60.7 Å². The predicted octanol–water partition coefficient (Wildman–Crippen LogP) is 7.19. The van der Waals surface area contributed by atoms with Crippen LogP contribution in [-0.4, -0.2) is 55.2 Å². The van der Waals surface area contributed by atoms with E-state index in [0.29, 0.717) is 46.5 Å². The minimum atomic E-state index is -0.631. The van der Waals surface area contributed by atoms with Crippen molar-refractivity contribution in [2.45, 2.75) is 76.6 Å². The fourth-order valence-electron chi connectivity index (χ4n) is 6.01. The number of methoxy groups -OCH3 is 1. The molecule has 10 heteroatoms. The van der Waals surface area contributed by atoms with Crippen molar-refractivity contribution in [2.75, 3.05) is 24.8 Å². The van der Waals surface area contributed by atoms with E-state index in [9.17, 15) is 14.0 Å². The Labute approximate surface area is 258 Å². The molecule has 0 aliphatic carbocycles. The third kappa shape index (κ3) is 7.42. The minimum absolute atomic E-state index is 0.0591. The summed E-state index contributed by atoms with van der Waals surface area (Å²) in [7, 11) is 3.69. The van der Waals surface area contributed by atoms with E-state index in [-0.39, 0.29) is 23.7 Å². The van der Waals surface area contributed by atoms with Crippen molar-refractivity contribution in [3.63, 3.8) is 0 Å². The van der Waals surface area contributed by atoms with Crippen LogP contribution in [0.5, 0.6) is 23.0 Å². The van der Waals surface area contributed by atoms with E-state index in [2.05, 4.69) is 27.9 Å². The molecule has 2 saturated heterocycles. The molecule has 2 aliphatic heterocycles. The zero-order chi connectivity index (χ0) is 31.2. The summed E-state index contributed by atoms with van der Waals surface area (Å²) in [6, 6.07) is 17.1. The number of hydrogen-bond donors (Lipinski definition) is 3. The fourth-order valence-corrected chi connectivity index (χ4v) is 6.01. The molecule has 9 nitrogen and oxygen atoms in total. The van der Waals surface area contributed by atoms with Gasteiger partial charge in [-0.2, -0.15) is 0 Å². The Morgan fingerprint density at radius 3 is 2.18 bits per heavy atom. The van der Waals surface area contributed by atoms with Crippen molar-refractivity contribution in [3.05, 3.63) is 72.0 Å². The van der Waals surface area contributed by atoms with Crippen molar-refractivity contribution in [2.24, 2.45) is 0 Å². The molecular formula is C34H41FN4O5. The van der Waals surface area contributed by atoms with Gasteiger partial charge >= 0.3 is 6.03 Å². The van der Waals surface area contributed by atoms with Gasteiger partial charge in [0.15, 0.2) is 11.5 Å². The molecule has 3 amide bonds. The van der Waals surface area contributed by atoms with Crippen LogP contribution in [0, 0.1) is 5.82 Å². The zero-order valence-electron chi connectivity index (χ0n) is 25.7. The van der Waals surface area contributed by atoms with Gasteiger partial charge in [0.2, 0.25) is 0 Å². The van der Waals surface area contributed by atoms with E-state index in [1.54, 1.807) is 48.5 Å². The minimum Gasteiger partial charge on any atom is -0.493 e. The topological polar surface area (TPSA) is 101 Å². The molecular weight excluding hydrogens is 563 g/mol. The number of amides is 3. The molecule has 3 aromatic rings. The van der Waals surface area contributed by atoms with Crippen molar-refractivity contribution in [1.29, 1.82) is 0 Å². The number of anilines is 2. The Morgan fingerprint density at radius 2 is 1.55 bits per heavy atom. The largest absolute Gasteiger partial charge is 0.493 e. The van der Waals surface area contributed by atoms with Crippen molar-refractivity contribution in [3.8, 4) is 23.0 Å². The standard InChI is InChI=1S/C34H41FN4O5/c1-5-21(6-2)37-34(41)38-23-9-16-31(32(17-23)42-4)44-26-12-7-22(8-13-26)36-33(40)29-15-14-27(20-30(29)35)43-28-18-24-10-11-25(19-28)39(24)3/h7-9,12-17,20-21,24-25,28H,5-6,10-11,18-19H2,1-4H3,(H,36,40)(H2,37,38,41). The average molecular weight is 605 g/mol. The summed E-state index contributed by atoms with van der Waals surface area (Å²) in [5.41, 5.74) is 0.989. The highest BCUT2D eigenvalue weighted by molar-refractivity contribution is 6.04. The maximum Gasteiger partial charge on any atom is 0.319 e. The highest BCUT2D eigenvalue weighted by Gasteiger charge is 2.39. The Morgan fingerprint density at radius 1 is 0.886 bits per heavy atom. The molecule has 3 N–H and O–H groups in total. The number of rotatable bonds is 11. The fraction of sp³-hybridized carbons (Fsp3) is 0.412. The van der Waals surface area contributed by atoms with Crippen molar-refractivity contribution in [1.82, 2.24) is 10.2 Å². The van der Waals surface area contributed by atoms with Crippen LogP contribution in [0.2, 0.25) is 0 Å². The second-order valence-corrected chi connectivity index (χ2v) is 11.5. The predicted molar refractivity (Wildman–Crippen MR) is 169 cm³/mol. The van der Waals surface area contributed by atoms with Crippen LogP contribution in [-0.2, 0) is 0 Å². The zero-order valence-corrected chi connectivity index (χ0v) is 25.7. The first-order chi connectivity index (χ1) is 21.3. The molecule has 0 saturated carbocycles. The van der Waals surface area contributed by atoms with Gasteiger partial charge in [-0.25, -0.2) is 9.18 Å². The Bertz CT molecular complexity index is 1450. The van der Waals surface area contributed by atoms with E-state index >= 15 is 0 Å². The summed E-state index contributed by atoms with van der Waals surface area (Å²) >= 11 is 0. The van der Waals surface area contributed by atoms with Crippen LogP contribution in [0.3, 0.4) is 0 Å². The second kappa shape index (κ2) is 14.0. The van der Waals surface area contributed by atoms with Gasteiger partial charge in [-0.05, 0) is 94.1 Å². The van der Waals surface area contributed by atoms with Gasteiger partial charge in [-0.1, -0.05) is 13.8 Å². The summed E-state index contributed by atoms with van der Waals surface area (Å²) in [5, 5.41) is 8.48. The molecule has 5 rings (SSSR count). The third-order valence-corrected chi connectivity index (χ3v) is 8.63. The van der Waals surface area contributed by atoms with Gasteiger partial charge in [-0.15, -0.1) is 0 Å². The molecule has 2 bridgehead atoms. The molecule has 0 aromatic heterocycles. The number of fused-ring (bicyclic) bond motifs is 2.